The molecule has 0 N–H and O–H groups in total. The van der Waals surface area contributed by atoms with Gasteiger partial charge in [-0.1, -0.05) is 91.0 Å². The third kappa shape index (κ3) is 2.40. The molecule has 3 nitrogen and oxygen atoms in total. The van der Waals surface area contributed by atoms with Crippen molar-refractivity contribution < 1.29 is 9.59 Å². The first-order valence-electron chi connectivity index (χ1n) is 10.5. The van der Waals surface area contributed by atoms with Gasteiger partial charge in [0.05, 0.1) is 17.2 Å². The number of amides is 2. The number of hydrogen-bond acceptors (Lipinski definition) is 2. The summed E-state index contributed by atoms with van der Waals surface area (Å²) in [6, 6.07) is 29.5. The highest BCUT2D eigenvalue weighted by molar-refractivity contribution is 6.33. The highest BCUT2D eigenvalue weighted by Crippen LogP contribution is 2.41. The van der Waals surface area contributed by atoms with Gasteiger partial charge in [-0.3, -0.25) is 14.5 Å². The molecule has 1 heterocycles. The molecule has 0 spiro atoms. The summed E-state index contributed by atoms with van der Waals surface area (Å²) in [6.07, 6.45) is 0. The number of hydrogen-bond donors (Lipinski definition) is 0. The highest BCUT2D eigenvalue weighted by Gasteiger charge is 2.41. The minimum Gasteiger partial charge on any atom is -0.269 e. The average molecular weight is 401 g/mol. The average Bonchev–Trinajstić information content (AvgIpc) is 3.09. The van der Waals surface area contributed by atoms with Crippen LogP contribution in [0.25, 0.3) is 32.3 Å². The van der Waals surface area contributed by atoms with Crippen LogP contribution in [-0.4, -0.2) is 16.7 Å². The molecule has 0 bridgehead atoms. The molecule has 3 heteroatoms. The van der Waals surface area contributed by atoms with Crippen LogP contribution in [0, 0.1) is 0 Å². The van der Waals surface area contributed by atoms with E-state index < -0.39 is 0 Å². The molecule has 1 aliphatic rings. The van der Waals surface area contributed by atoms with E-state index in [0.29, 0.717) is 11.1 Å². The Kier molecular flexibility index (Phi) is 3.75. The minimum atomic E-state index is -0.379. The van der Waals surface area contributed by atoms with Gasteiger partial charge in [0, 0.05) is 0 Å². The molecule has 31 heavy (non-hydrogen) atoms. The molecule has 0 saturated heterocycles. The van der Waals surface area contributed by atoms with Gasteiger partial charge in [0.25, 0.3) is 11.8 Å². The third-order valence-electron chi connectivity index (χ3n) is 6.46. The van der Waals surface area contributed by atoms with E-state index in [9.17, 15) is 9.59 Å². The van der Waals surface area contributed by atoms with Gasteiger partial charge in [0.15, 0.2) is 0 Å². The van der Waals surface area contributed by atoms with Crippen molar-refractivity contribution in [2.45, 2.75) is 13.0 Å². The fourth-order valence-electron chi connectivity index (χ4n) is 5.02. The SMILES string of the molecule is C[C@H](c1cccc2ccccc12)N1C(=O)c2c(c3ccccc3c3ccccc23)C1=O. The number of rotatable bonds is 2. The van der Waals surface area contributed by atoms with E-state index in [4.69, 9.17) is 0 Å². The smallest absolute Gasteiger partial charge is 0.262 e. The third-order valence-corrected chi connectivity index (χ3v) is 6.46. The van der Waals surface area contributed by atoms with Crippen molar-refractivity contribution in [3.63, 3.8) is 0 Å². The van der Waals surface area contributed by atoms with Gasteiger partial charge in [-0.2, -0.15) is 0 Å². The van der Waals surface area contributed by atoms with Gasteiger partial charge >= 0.3 is 0 Å². The molecule has 5 aromatic rings. The second-order valence-corrected chi connectivity index (χ2v) is 8.07. The zero-order chi connectivity index (χ0) is 21.1. The first-order chi connectivity index (χ1) is 15.2. The van der Waals surface area contributed by atoms with Crippen molar-refractivity contribution in [3.05, 3.63) is 108 Å². The first kappa shape index (κ1) is 17.8. The Morgan fingerprint density at radius 2 is 1.00 bits per heavy atom. The molecule has 0 saturated carbocycles. The monoisotopic (exact) mass is 401 g/mol. The zero-order valence-electron chi connectivity index (χ0n) is 17.0. The van der Waals surface area contributed by atoms with Crippen LogP contribution < -0.4 is 0 Å². The highest BCUT2D eigenvalue weighted by atomic mass is 16.2. The number of benzene rings is 5. The first-order valence-corrected chi connectivity index (χ1v) is 10.5. The normalized spacial score (nSPS) is 14.5. The lowest BCUT2D eigenvalue weighted by Gasteiger charge is -2.24. The van der Waals surface area contributed by atoms with E-state index >= 15 is 0 Å². The van der Waals surface area contributed by atoms with Crippen LogP contribution >= 0.6 is 0 Å². The van der Waals surface area contributed by atoms with Crippen molar-refractivity contribution in [1.82, 2.24) is 4.90 Å². The second-order valence-electron chi connectivity index (χ2n) is 8.07. The summed E-state index contributed by atoms with van der Waals surface area (Å²) < 4.78 is 0. The Morgan fingerprint density at radius 3 is 1.58 bits per heavy atom. The Morgan fingerprint density at radius 1 is 0.548 bits per heavy atom. The van der Waals surface area contributed by atoms with E-state index in [0.717, 1.165) is 37.9 Å². The van der Waals surface area contributed by atoms with Crippen LogP contribution in [0.4, 0.5) is 0 Å². The summed E-state index contributed by atoms with van der Waals surface area (Å²) in [5.41, 5.74) is 2.01. The van der Waals surface area contributed by atoms with E-state index in [1.807, 2.05) is 85.8 Å². The van der Waals surface area contributed by atoms with E-state index in [-0.39, 0.29) is 17.9 Å². The topological polar surface area (TPSA) is 37.4 Å². The number of imide groups is 1. The predicted molar refractivity (Wildman–Crippen MR) is 124 cm³/mol. The second kappa shape index (κ2) is 6.51. The molecule has 2 amide bonds. The van der Waals surface area contributed by atoms with Crippen LogP contribution in [0.3, 0.4) is 0 Å². The van der Waals surface area contributed by atoms with Gasteiger partial charge < -0.3 is 0 Å². The molecule has 0 radical (unpaired) electrons. The molecule has 0 aromatic heterocycles. The van der Waals surface area contributed by atoms with Gasteiger partial charge in [-0.25, -0.2) is 0 Å². The fraction of sp³-hybridized carbons (Fsp3) is 0.0714. The Labute approximate surface area is 179 Å². The van der Waals surface area contributed by atoms with Crippen LogP contribution in [0.5, 0.6) is 0 Å². The largest absolute Gasteiger partial charge is 0.269 e. The lowest BCUT2D eigenvalue weighted by atomic mass is 9.93. The Bertz CT molecular complexity index is 1470. The number of carbonyl (C=O) groups is 2. The van der Waals surface area contributed by atoms with Crippen molar-refractivity contribution in [1.29, 1.82) is 0 Å². The summed E-state index contributed by atoms with van der Waals surface area (Å²) >= 11 is 0. The molecule has 0 aliphatic carbocycles. The van der Waals surface area contributed by atoms with Crippen LogP contribution in [-0.2, 0) is 0 Å². The maximum absolute atomic E-state index is 13.7. The lowest BCUT2D eigenvalue weighted by Crippen LogP contribution is -2.32. The number of nitrogens with zero attached hydrogens (tertiary/aromatic N) is 1. The molecule has 1 atom stereocenters. The van der Waals surface area contributed by atoms with Crippen LogP contribution in [0.2, 0.25) is 0 Å². The van der Waals surface area contributed by atoms with Crippen LogP contribution in [0.1, 0.15) is 39.2 Å². The molecule has 1 aliphatic heterocycles. The molecular formula is C28H19NO2. The van der Waals surface area contributed by atoms with E-state index in [1.54, 1.807) is 0 Å². The van der Waals surface area contributed by atoms with E-state index in [2.05, 4.69) is 12.1 Å². The lowest BCUT2D eigenvalue weighted by molar-refractivity contribution is 0.0597. The van der Waals surface area contributed by atoms with Crippen molar-refractivity contribution in [2.24, 2.45) is 0 Å². The summed E-state index contributed by atoms with van der Waals surface area (Å²) in [5, 5.41) is 5.82. The van der Waals surface area contributed by atoms with Crippen LogP contribution in [0.15, 0.2) is 91.0 Å². The van der Waals surface area contributed by atoms with Gasteiger partial charge in [0.1, 0.15) is 0 Å². The van der Waals surface area contributed by atoms with Gasteiger partial charge in [-0.15, -0.1) is 0 Å². The Hall–Kier alpha value is -3.98. The summed E-state index contributed by atoms with van der Waals surface area (Å²) in [6.45, 7) is 1.94. The minimum absolute atomic E-state index is 0.220. The molecule has 6 rings (SSSR count). The van der Waals surface area contributed by atoms with Crippen molar-refractivity contribution in [3.8, 4) is 0 Å². The summed E-state index contributed by atoms with van der Waals surface area (Å²) in [4.78, 5) is 28.9. The summed E-state index contributed by atoms with van der Waals surface area (Å²) in [5.74, 6) is -0.440. The quantitative estimate of drug-likeness (QED) is 0.250. The van der Waals surface area contributed by atoms with Gasteiger partial charge in [0.2, 0.25) is 0 Å². The fourth-order valence-corrected chi connectivity index (χ4v) is 5.02. The maximum atomic E-state index is 13.7. The number of fused-ring (bicyclic) bond motifs is 7. The molecule has 0 unspecified atom stereocenters. The molecular weight excluding hydrogens is 382 g/mol. The maximum Gasteiger partial charge on any atom is 0.262 e. The Balaban J connectivity index is 1.60. The number of carbonyl (C=O) groups excluding carboxylic acids is 2. The standard InChI is InChI=1S/C28H19NO2/c1-17(19-16-8-10-18-9-2-3-11-20(18)19)29-27(30)25-23-14-6-4-12-21(23)22-13-5-7-15-24(22)26(25)28(29)31/h2-17H,1H3/t17-/m1/s1. The molecule has 5 aromatic carbocycles. The van der Waals surface area contributed by atoms with Gasteiger partial charge in [-0.05, 0) is 44.8 Å². The van der Waals surface area contributed by atoms with Crippen molar-refractivity contribution >= 4 is 44.1 Å². The summed E-state index contributed by atoms with van der Waals surface area (Å²) in [7, 11) is 0. The molecule has 0 fully saturated rings. The predicted octanol–water partition coefficient (Wildman–Crippen LogP) is 6.50. The van der Waals surface area contributed by atoms with Crippen molar-refractivity contribution in [2.75, 3.05) is 0 Å². The molecule has 148 valence electrons. The zero-order valence-corrected chi connectivity index (χ0v) is 17.0. The van der Waals surface area contributed by atoms with E-state index in [1.165, 1.54) is 4.90 Å².